The van der Waals surface area contributed by atoms with Gasteiger partial charge in [-0.15, -0.1) is 11.3 Å². The zero-order valence-corrected chi connectivity index (χ0v) is 11.4. The number of aromatic nitrogens is 2. The maximum absolute atomic E-state index is 5.91. The summed E-state index contributed by atoms with van der Waals surface area (Å²) >= 11 is 1.60. The summed E-state index contributed by atoms with van der Waals surface area (Å²) in [5.74, 6) is 1.04. The van der Waals surface area contributed by atoms with Crippen molar-refractivity contribution < 1.29 is 9.26 Å². The van der Waals surface area contributed by atoms with Crippen molar-refractivity contribution in [3.63, 3.8) is 0 Å². The van der Waals surface area contributed by atoms with Gasteiger partial charge in [0.05, 0.1) is 17.5 Å². The second-order valence-electron chi connectivity index (χ2n) is 3.85. The molecule has 0 fully saturated rings. The van der Waals surface area contributed by atoms with Crippen LogP contribution >= 0.6 is 11.3 Å². The minimum atomic E-state index is -0.340. The van der Waals surface area contributed by atoms with Gasteiger partial charge in [-0.05, 0) is 30.4 Å². The molecule has 0 aliphatic rings. The van der Waals surface area contributed by atoms with Crippen molar-refractivity contribution in [3.05, 3.63) is 22.8 Å². The molecule has 2 aromatic heterocycles. The van der Waals surface area contributed by atoms with Gasteiger partial charge in [-0.25, -0.2) is 0 Å². The molecule has 0 radical (unpaired) electrons. The number of ether oxygens (including phenoxy) is 1. The highest BCUT2D eigenvalue weighted by atomic mass is 32.1. The third-order valence-corrected chi connectivity index (χ3v) is 3.54. The highest BCUT2D eigenvalue weighted by Gasteiger charge is 2.17. The first kappa shape index (κ1) is 13.2. The monoisotopic (exact) mass is 267 g/mol. The number of rotatable bonds is 6. The molecule has 2 aromatic rings. The Labute approximate surface area is 110 Å². The molecule has 18 heavy (non-hydrogen) atoms. The number of nitrogens with two attached hydrogens (primary N) is 1. The van der Waals surface area contributed by atoms with E-state index in [4.69, 9.17) is 15.0 Å². The fraction of sp³-hybridized carbons (Fsp3) is 0.500. The van der Waals surface area contributed by atoms with Crippen molar-refractivity contribution in [1.29, 1.82) is 0 Å². The van der Waals surface area contributed by atoms with Crippen LogP contribution in [-0.2, 0) is 11.2 Å². The highest BCUT2D eigenvalue weighted by Crippen LogP contribution is 2.29. The van der Waals surface area contributed by atoms with E-state index in [-0.39, 0.29) is 6.04 Å². The lowest BCUT2D eigenvalue weighted by Gasteiger charge is -2.05. The van der Waals surface area contributed by atoms with Crippen molar-refractivity contribution in [2.75, 3.05) is 13.2 Å². The van der Waals surface area contributed by atoms with Crippen LogP contribution in [0.4, 0.5) is 0 Å². The van der Waals surface area contributed by atoms with E-state index in [0.717, 1.165) is 11.3 Å². The molecule has 0 spiro atoms. The number of thiophene rings is 1. The largest absolute Gasteiger partial charge is 0.380 e. The van der Waals surface area contributed by atoms with Crippen molar-refractivity contribution in [3.8, 4) is 10.8 Å². The lowest BCUT2D eigenvalue weighted by atomic mass is 10.2. The lowest BCUT2D eigenvalue weighted by molar-refractivity contribution is 0.130. The molecule has 2 heterocycles. The van der Waals surface area contributed by atoms with Gasteiger partial charge in [0.1, 0.15) is 0 Å². The van der Waals surface area contributed by atoms with E-state index in [1.165, 1.54) is 5.56 Å². The van der Waals surface area contributed by atoms with Gasteiger partial charge in [-0.3, -0.25) is 0 Å². The lowest BCUT2D eigenvalue weighted by Crippen LogP contribution is -2.18. The summed E-state index contributed by atoms with van der Waals surface area (Å²) in [7, 11) is 0. The highest BCUT2D eigenvalue weighted by molar-refractivity contribution is 7.13. The molecule has 0 aliphatic heterocycles. The molecule has 1 unspecified atom stereocenters. The Morgan fingerprint density at radius 1 is 1.50 bits per heavy atom. The van der Waals surface area contributed by atoms with Crippen molar-refractivity contribution >= 4 is 11.3 Å². The molecule has 2 rings (SSSR count). The molecule has 98 valence electrons. The first-order chi connectivity index (χ1) is 8.76. The van der Waals surface area contributed by atoms with Crippen molar-refractivity contribution in [2.24, 2.45) is 5.73 Å². The van der Waals surface area contributed by atoms with Crippen LogP contribution in [0.5, 0.6) is 0 Å². The molecule has 0 amide bonds. The Bertz CT molecular complexity index is 495. The Kier molecular flexibility index (Phi) is 4.46. The minimum absolute atomic E-state index is 0.340. The SMILES string of the molecule is CCOCC(N)c1noc(-c2sccc2CC)n1. The van der Waals surface area contributed by atoms with E-state index in [0.29, 0.717) is 24.9 Å². The predicted octanol–water partition coefficient (Wildman–Crippen LogP) is 2.40. The Morgan fingerprint density at radius 3 is 3.06 bits per heavy atom. The van der Waals surface area contributed by atoms with Crippen LogP contribution in [0.25, 0.3) is 10.8 Å². The zero-order valence-electron chi connectivity index (χ0n) is 10.5. The van der Waals surface area contributed by atoms with Crippen LogP contribution in [0.3, 0.4) is 0 Å². The summed E-state index contributed by atoms with van der Waals surface area (Å²) in [6.45, 7) is 5.06. The van der Waals surface area contributed by atoms with Crippen LogP contribution < -0.4 is 5.73 Å². The van der Waals surface area contributed by atoms with E-state index >= 15 is 0 Å². The molecule has 5 nitrogen and oxygen atoms in total. The smallest absolute Gasteiger partial charge is 0.268 e. The van der Waals surface area contributed by atoms with Gasteiger partial charge in [-0.1, -0.05) is 12.1 Å². The Hall–Kier alpha value is -1.24. The first-order valence-corrected chi connectivity index (χ1v) is 6.87. The topological polar surface area (TPSA) is 74.2 Å². The predicted molar refractivity (Wildman–Crippen MR) is 70.4 cm³/mol. The maximum atomic E-state index is 5.91. The fourth-order valence-electron chi connectivity index (χ4n) is 1.60. The van der Waals surface area contributed by atoms with Gasteiger partial charge in [0, 0.05) is 6.61 Å². The average Bonchev–Trinajstić information content (AvgIpc) is 3.02. The quantitative estimate of drug-likeness (QED) is 0.870. The van der Waals surface area contributed by atoms with Crippen molar-refractivity contribution in [2.45, 2.75) is 26.3 Å². The molecule has 0 saturated heterocycles. The zero-order chi connectivity index (χ0) is 13.0. The standard InChI is InChI=1S/C12H17N3O2S/c1-3-8-5-6-18-10(8)12-14-11(15-17-12)9(13)7-16-4-2/h5-6,9H,3-4,7,13H2,1-2H3. The summed E-state index contributed by atoms with van der Waals surface area (Å²) in [4.78, 5) is 5.37. The second kappa shape index (κ2) is 6.08. The van der Waals surface area contributed by atoms with E-state index < -0.39 is 0 Å². The molecule has 0 saturated carbocycles. The van der Waals surface area contributed by atoms with Crippen LogP contribution in [0.2, 0.25) is 0 Å². The van der Waals surface area contributed by atoms with Gasteiger partial charge in [-0.2, -0.15) is 4.98 Å². The molecular formula is C12H17N3O2S. The molecule has 0 aromatic carbocycles. The van der Waals surface area contributed by atoms with E-state index in [2.05, 4.69) is 23.1 Å². The van der Waals surface area contributed by atoms with Gasteiger partial charge >= 0.3 is 0 Å². The Balaban J connectivity index is 2.15. The molecule has 2 N–H and O–H groups in total. The summed E-state index contributed by atoms with van der Waals surface area (Å²) < 4.78 is 10.5. The normalized spacial score (nSPS) is 12.8. The summed E-state index contributed by atoms with van der Waals surface area (Å²) in [5.41, 5.74) is 7.13. The van der Waals surface area contributed by atoms with Crippen LogP contribution in [0, 0.1) is 0 Å². The number of hydrogen-bond acceptors (Lipinski definition) is 6. The van der Waals surface area contributed by atoms with Gasteiger partial charge < -0.3 is 15.0 Å². The molecule has 1 atom stereocenters. The minimum Gasteiger partial charge on any atom is -0.380 e. The molecule has 0 bridgehead atoms. The molecule has 0 aliphatic carbocycles. The third kappa shape index (κ3) is 2.77. The number of nitrogens with zero attached hydrogens (tertiary/aromatic N) is 2. The second-order valence-corrected chi connectivity index (χ2v) is 4.77. The number of aryl methyl sites for hydroxylation is 1. The molecule has 6 heteroatoms. The maximum Gasteiger partial charge on any atom is 0.268 e. The van der Waals surface area contributed by atoms with E-state index in [9.17, 15) is 0 Å². The van der Waals surface area contributed by atoms with Gasteiger partial charge in [0.2, 0.25) is 0 Å². The van der Waals surface area contributed by atoms with Crippen molar-refractivity contribution in [1.82, 2.24) is 10.1 Å². The van der Waals surface area contributed by atoms with Crippen LogP contribution in [-0.4, -0.2) is 23.4 Å². The third-order valence-electron chi connectivity index (χ3n) is 2.60. The fourth-order valence-corrected chi connectivity index (χ4v) is 2.51. The van der Waals surface area contributed by atoms with Crippen LogP contribution in [0.1, 0.15) is 31.3 Å². The summed E-state index contributed by atoms with van der Waals surface area (Å²) in [5, 5.41) is 5.94. The average molecular weight is 267 g/mol. The molecular weight excluding hydrogens is 250 g/mol. The Morgan fingerprint density at radius 2 is 2.33 bits per heavy atom. The van der Waals surface area contributed by atoms with E-state index in [1.54, 1.807) is 11.3 Å². The summed E-state index contributed by atoms with van der Waals surface area (Å²) in [6, 6.07) is 1.73. The van der Waals surface area contributed by atoms with Crippen LogP contribution in [0.15, 0.2) is 16.0 Å². The number of hydrogen-bond donors (Lipinski definition) is 1. The first-order valence-electron chi connectivity index (χ1n) is 5.99. The van der Waals surface area contributed by atoms with Gasteiger partial charge in [0.25, 0.3) is 5.89 Å². The summed E-state index contributed by atoms with van der Waals surface area (Å²) in [6.07, 6.45) is 0.946. The van der Waals surface area contributed by atoms with E-state index in [1.807, 2.05) is 12.3 Å². The van der Waals surface area contributed by atoms with Gasteiger partial charge in [0.15, 0.2) is 5.82 Å².